The van der Waals surface area contributed by atoms with Crippen LogP contribution in [0.1, 0.15) is 24.0 Å². The Kier molecular flexibility index (Phi) is 6.99. The first-order chi connectivity index (χ1) is 13.4. The number of sulfonamides is 1. The molecule has 0 saturated carbocycles. The van der Waals surface area contributed by atoms with Gasteiger partial charge in [0.1, 0.15) is 0 Å². The lowest BCUT2D eigenvalue weighted by molar-refractivity contribution is -0.119. The van der Waals surface area contributed by atoms with Crippen molar-refractivity contribution in [2.45, 2.75) is 32.7 Å². The summed E-state index contributed by atoms with van der Waals surface area (Å²) in [5.74, 6) is -0.923. The molecule has 0 spiro atoms. The Morgan fingerprint density at radius 1 is 1.07 bits per heavy atom. The van der Waals surface area contributed by atoms with Gasteiger partial charge in [0, 0.05) is 17.8 Å². The highest BCUT2D eigenvalue weighted by Crippen LogP contribution is 2.30. The minimum Gasteiger partial charge on any atom is -0.370 e. The fraction of sp³-hybridized carbons (Fsp3) is 0.300. The summed E-state index contributed by atoms with van der Waals surface area (Å²) in [7, 11) is -3.40. The molecule has 2 amide bonds. The van der Waals surface area contributed by atoms with E-state index in [1.54, 1.807) is 24.3 Å². The maximum absolute atomic E-state index is 12.3. The summed E-state index contributed by atoms with van der Waals surface area (Å²) in [5.41, 5.74) is 15.4. The van der Waals surface area contributed by atoms with E-state index in [-0.39, 0.29) is 12.8 Å². The van der Waals surface area contributed by atoms with Gasteiger partial charge in [-0.15, -0.1) is 0 Å². The van der Waals surface area contributed by atoms with Crippen molar-refractivity contribution < 1.29 is 18.0 Å². The van der Waals surface area contributed by atoms with Gasteiger partial charge in [0.05, 0.1) is 12.3 Å². The quantitative estimate of drug-likeness (QED) is 0.517. The van der Waals surface area contributed by atoms with Crippen LogP contribution in [0.2, 0.25) is 0 Å². The van der Waals surface area contributed by atoms with Crippen LogP contribution in [-0.4, -0.2) is 32.5 Å². The Morgan fingerprint density at radius 3 is 2.38 bits per heavy atom. The Morgan fingerprint density at radius 2 is 1.76 bits per heavy atom. The van der Waals surface area contributed by atoms with E-state index in [9.17, 15) is 18.0 Å². The second kappa shape index (κ2) is 9.06. The van der Waals surface area contributed by atoms with Crippen LogP contribution in [0.5, 0.6) is 0 Å². The van der Waals surface area contributed by atoms with Crippen molar-refractivity contribution in [2.75, 3.05) is 16.3 Å². The molecular weight excluding hydrogens is 392 g/mol. The lowest BCUT2D eigenvalue weighted by atomic mass is 9.97. The van der Waals surface area contributed by atoms with Gasteiger partial charge < -0.3 is 16.8 Å². The molecule has 9 heteroatoms. The molecule has 0 bridgehead atoms. The predicted molar refractivity (Wildman–Crippen MR) is 115 cm³/mol. The molecule has 0 aromatic heterocycles. The van der Waals surface area contributed by atoms with Gasteiger partial charge in [0.25, 0.3) is 0 Å². The molecule has 0 unspecified atom stereocenters. The van der Waals surface area contributed by atoms with E-state index < -0.39 is 27.9 Å². The number of rotatable bonds is 8. The molecule has 2 aromatic rings. The highest BCUT2D eigenvalue weighted by Gasteiger charge is 2.15. The van der Waals surface area contributed by atoms with Gasteiger partial charge in [0.2, 0.25) is 21.8 Å². The van der Waals surface area contributed by atoms with Crippen LogP contribution in [-0.2, 0) is 19.6 Å². The van der Waals surface area contributed by atoms with Crippen LogP contribution in [0.25, 0.3) is 11.1 Å². The van der Waals surface area contributed by atoms with Crippen LogP contribution >= 0.6 is 0 Å². The molecule has 0 aliphatic rings. The maximum Gasteiger partial charge on any atom is 0.241 e. The molecule has 1 atom stereocenters. The average Bonchev–Trinajstić information content (AvgIpc) is 2.59. The highest BCUT2D eigenvalue weighted by atomic mass is 32.2. The van der Waals surface area contributed by atoms with Crippen molar-refractivity contribution in [1.82, 2.24) is 0 Å². The third kappa shape index (κ3) is 6.88. The van der Waals surface area contributed by atoms with E-state index in [1.807, 2.05) is 26.0 Å². The summed E-state index contributed by atoms with van der Waals surface area (Å²) in [4.78, 5) is 23.1. The Hall–Kier alpha value is -2.91. The minimum absolute atomic E-state index is 0.0349. The van der Waals surface area contributed by atoms with Gasteiger partial charge in [-0.1, -0.05) is 12.1 Å². The SMILES string of the molecule is Cc1cc(NS(C)(=O)=O)cc(-c2cc(NC(=O)[C@@H](N)CCC(N)=O)ccc2C)c1. The third-order valence-corrected chi connectivity index (χ3v) is 4.84. The Balaban J connectivity index is 2.29. The minimum atomic E-state index is -3.40. The first-order valence-electron chi connectivity index (χ1n) is 9.00. The number of primary amides is 1. The van der Waals surface area contributed by atoms with Crippen LogP contribution in [0.4, 0.5) is 11.4 Å². The fourth-order valence-electron chi connectivity index (χ4n) is 2.89. The van der Waals surface area contributed by atoms with Crippen molar-refractivity contribution >= 4 is 33.2 Å². The maximum atomic E-state index is 12.3. The molecule has 0 aliphatic heterocycles. The van der Waals surface area contributed by atoms with Crippen LogP contribution in [0.15, 0.2) is 36.4 Å². The number of benzene rings is 2. The number of nitrogens with one attached hydrogen (secondary N) is 2. The summed E-state index contributed by atoms with van der Waals surface area (Å²) in [6.07, 6.45) is 1.29. The Bertz CT molecular complexity index is 1030. The summed E-state index contributed by atoms with van der Waals surface area (Å²) in [5, 5.41) is 2.74. The number of amides is 2. The normalized spacial score (nSPS) is 12.3. The monoisotopic (exact) mass is 418 g/mol. The number of hydrogen-bond acceptors (Lipinski definition) is 5. The topological polar surface area (TPSA) is 144 Å². The van der Waals surface area contributed by atoms with Crippen molar-refractivity contribution in [1.29, 1.82) is 0 Å². The molecule has 29 heavy (non-hydrogen) atoms. The summed E-state index contributed by atoms with van der Waals surface area (Å²) < 4.78 is 25.6. The lowest BCUT2D eigenvalue weighted by Crippen LogP contribution is -2.36. The second-order valence-electron chi connectivity index (χ2n) is 7.09. The largest absolute Gasteiger partial charge is 0.370 e. The molecule has 8 nitrogen and oxygen atoms in total. The van der Waals surface area contributed by atoms with Gasteiger partial charge in [-0.25, -0.2) is 8.42 Å². The molecule has 2 rings (SSSR count). The first kappa shape index (κ1) is 22.4. The van der Waals surface area contributed by atoms with Crippen molar-refractivity contribution in [2.24, 2.45) is 11.5 Å². The van der Waals surface area contributed by atoms with Gasteiger partial charge >= 0.3 is 0 Å². The number of carbonyl (C=O) groups is 2. The van der Waals surface area contributed by atoms with Gasteiger partial charge in [-0.3, -0.25) is 14.3 Å². The molecule has 156 valence electrons. The molecule has 2 aromatic carbocycles. The van der Waals surface area contributed by atoms with Crippen LogP contribution in [0, 0.1) is 13.8 Å². The van der Waals surface area contributed by atoms with Gasteiger partial charge in [0.15, 0.2) is 0 Å². The van der Waals surface area contributed by atoms with E-state index in [1.165, 1.54) is 0 Å². The summed E-state index contributed by atoms with van der Waals surface area (Å²) in [6, 6.07) is 9.96. The molecule has 0 saturated heterocycles. The molecule has 6 N–H and O–H groups in total. The average molecular weight is 419 g/mol. The molecule has 0 aliphatic carbocycles. The number of anilines is 2. The Labute approximate surface area is 170 Å². The van der Waals surface area contributed by atoms with Crippen molar-refractivity contribution in [3.63, 3.8) is 0 Å². The molecule has 0 fully saturated rings. The number of nitrogens with two attached hydrogens (primary N) is 2. The number of carbonyl (C=O) groups excluding carboxylic acids is 2. The van der Waals surface area contributed by atoms with E-state index in [0.29, 0.717) is 11.4 Å². The lowest BCUT2D eigenvalue weighted by Gasteiger charge is -2.15. The van der Waals surface area contributed by atoms with E-state index in [4.69, 9.17) is 11.5 Å². The zero-order valence-electron chi connectivity index (χ0n) is 16.7. The predicted octanol–water partition coefficient (Wildman–Crippen LogP) is 1.87. The third-order valence-electron chi connectivity index (χ3n) is 4.24. The van der Waals surface area contributed by atoms with Crippen molar-refractivity contribution in [3.05, 3.63) is 47.5 Å². The fourth-order valence-corrected chi connectivity index (χ4v) is 3.43. The zero-order valence-corrected chi connectivity index (χ0v) is 17.5. The van der Waals surface area contributed by atoms with E-state index >= 15 is 0 Å². The van der Waals surface area contributed by atoms with Crippen molar-refractivity contribution in [3.8, 4) is 11.1 Å². The second-order valence-corrected chi connectivity index (χ2v) is 8.84. The number of aryl methyl sites for hydroxylation is 2. The molecule has 0 heterocycles. The van der Waals surface area contributed by atoms with Gasteiger partial charge in [-0.05, 0) is 66.8 Å². The smallest absolute Gasteiger partial charge is 0.241 e. The standard InChI is InChI=1S/C20H26N4O4S/c1-12-8-14(10-16(9-12)24-29(3,27)28)17-11-15(5-4-13(17)2)23-20(26)18(21)6-7-19(22)25/h4-5,8-11,18,24H,6-7,21H2,1-3H3,(H2,22,25)(H,23,26)/t18-/m0/s1. The van der Waals surface area contributed by atoms with E-state index in [0.717, 1.165) is 28.5 Å². The molecular formula is C20H26N4O4S. The summed E-state index contributed by atoms with van der Waals surface area (Å²) >= 11 is 0. The van der Waals surface area contributed by atoms with Crippen LogP contribution in [0.3, 0.4) is 0 Å². The molecule has 0 radical (unpaired) electrons. The summed E-state index contributed by atoms with van der Waals surface area (Å²) in [6.45, 7) is 3.79. The van der Waals surface area contributed by atoms with E-state index in [2.05, 4.69) is 10.0 Å². The van der Waals surface area contributed by atoms with Gasteiger partial charge in [-0.2, -0.15) is 0 Å². The van der Waals surface area contributed by atoms with Crippen LogP contribution < -0.4 is 21.5 Å². The number of hydrogen-bond donors (Lipinski definition) is 4. The first-order valence-corrected chi connectivity index (χ1v) is 10.9. The highest BCUT2D eigenvalue weighted by molar-refractivity contribution is 7.92. The zero-order chi connectivity index (χ0) is 21.8.